The molecule has 5 nitrogen and oxygen atoms in total. The van der Waals surface area contributed by atoms with E-state index in [1.165, 1.54) is 7.11 Å². The Kier molecular flexibility index (Phi) is 5.25. The molecule has 1 amide bonds. The fourth-order valence-electron chi connectivity index (χ4n) is 2.01. The van der Waals surface area contributed by atoms with Gasteiger partial charge in [0.1, 0.15) is 0 Å². The Balaban J connectivity index is 2.38. The Morgan fingerprint density at radius 3 is 2.88 bits per heavy atom. The van der Waals surface area contributed by atoms with Crippen molar-refractivity contribution < 1.29 is 14.3 Å². The second-order valence-corrected chi connectivity index (χ2v) is 4.05. The molecular weight excluding hydrogens is 208 g/mol. The largest absolute Gasteiger partial charge is 0.469 e. The Hall–Kier alpha value is -1.10. The fourth-order valence-corrected chi connectivity index (χ4v) is 2.01. The predicted molar refractivity (Wildman–Crippen MR) is 59.9 cm³/mol. The van der Waals surface area contributed by atoms with Crippen molar-refractivity contribution in [1.82, 2.24) is 10.2 Å². The van der Waals surface area contributed by atoms with E-state index in [1.807, 2.05) is 11.8 Å². The zero-order chi connectivity index (χ0) is 12.0. The van der Waals surface area contributed by atoms with E-state index in [9.17, 15) is 9.59 Å². The highest BCUT2D eigenvalue weighted by molar-refractivity contribution is 5.78. The monoisotopic (exact) mass is 228 g/mol. The molecule has 1 saturated heterocycles. The van der Waals surface area contributed by atoms with Crippen molar-refractivity contribution in [3.8, 4) is 0 Å². The van der Waals surface area contributed by atoms with Gasteiger partial charge in [-0.25, -0.2) is 0 Å². The number of amides is 1. The van der Waals surface area contributed by atoms with Crippen LogP contribution in [0.1, 0.15) is 19.8 Å². The maximum Gasteiger partial charge on any atom is 0.309 e. The molecule has 0 aromatic rings. The van der Waals surface area contributed by atoms with Crippen molar-refractivity contribution in [3.63, 3.8) is 0 Å². The summed E-state index contributed by atoms with van der Waals surface area (Å²) in [6.45, 7) is 4.42. The zero-order valence-electron chi connectivity index (χ0n) is 9.99. The Bertz CT molecular complexity index is 256. The van der Waals surface area contributed by atoms with Gasteiger partial charge < -0.3 is 10.1 Å². The number of esters is 1. The van der Waals surface area contributed by atoms with Crippen molar-refractivity contribution in [3.05, 3.63) is 0 Å². The third-order valence-electron chi connectivity index (χ3n) is 2.78. The molecule has 0 aliphatic carbocycles. The van der Waals surface area contributed by atoms with Crippen molar-refractivity contribution in [2.45, 2.75) is 19.8 Å². The highest BCUT2D eigenvalue weighted by Crippen LogP contribution is 2.17. The Labute approximate surface area is 96.1 Å². The van der Waals surface area contributed by atoms with Crippen molar-refractivity contribution >= 4 is 11.9 Å². The maximum absolute atomic E-state index is 11.4. The minimum Gasteiger partial charge on any atom is -0.469 e. The van der Waals surface area contributed by atoms with E-state index in [0.29, 0.717) is 19.6 Å². The van der Waals surface area contributed by atoms with Crippen LogP contribution in [-0.4, -0.2) is 50.1 Å². The number of hydrogen-bond donors (Lipinski definition) is 1. The smallest absolute Gasteiger partial charge is 0.309 e. The summed E-state index contributed by atoms with van der Waals surface area (Å²) >= 11 is 0. The van der Waals surface area contributed by atoms with Crippen LogP contribution in [0.25, 0.3) is 0 Å². The number of ether oxygens (including phenoxy) is 1. The van der Waals surface area contributed by atoms with Gasteiger partial charge in [0.2, 0.25) is 5.91 Å². The van der Waals surface area contributed by atoms with Crippen molar-refractivity contribution in [1.29, 1.82) is 0 Å². The van der Waals surface area contributed by atoms with Crippen LogP contribution in [0, 0.1) is 5.92 Å². The number of nitrogens with zero attached hydrogens (tertiary/aromatic N) is 1. The summed E-state index contributed by atoms with van der Waals surface area (Å²) in [6.07, 6.45) is 1.80. The topological polar surface area (TPSA) is 58.6 Å². The van der Waals surface area contributed by atoms with E-state index >= 15 is 0 Å². The fraction of sp³-hybridized carbons (Fsp3) is 0.818. The number of likely N-dealkylation sites (tertiary alicyclic amines) is 1. The summed E-state index contributed by atoms with van der Waals surface area (Å²) in [4.78, 5) is 24.8. The van der Waals surface area contributed by atoms with E-state index in [-0.39, 0.29) is 17.8 Å². The molecule has 1 unspecified atom stereocenters. The van der Waals surface area contributed by atoms with Gasteiger partial charge in [-0.1, -0.05) is 0 Å². The van der Waals surface area contributed by atoms with Gasteiger partial charge in [0.05, 0.1) is 19.6 Å². The lowest BCUT2D eigenvalue weighted by Crippen LogP contribution is -2.44. The second-order valence-electron chi connectivity index (χ2n) is 4.05. The highest BCUT2D eigenvalue weighted by atomic mass is 16.5. The number of carbonyl (C=O) groups excluding carboxylic acids is 2. The van der Waals surface area contributed by atoms with Gasteiger partial charge in [0.15, 0.2) is 0 Å². The molecule has 0 spiro atoms. The first kappa shape index (κ1) is 13.0. The molecule has 0 bridgehead atoms. The molecule has 1 rings (SSSR count). The van der Waals surface area contributed by atoms with Crippen LogP contribution < -0.4 is 5.32 Å². The van der Waals surface area contributed by atoms with E-state index in [4.69, 9.17) is 4.74 Å². The van der Waals surface area contributed by atoms with E-state index < -0.39 is 0 Å². The number of hydrogen-bond acceptors (Lipinski definition) is 4. The van der Waals surface area contributed by atoms with Gasteiger partial charge in [0.25, 0.3) is 0 Å². The third kappa shape index (κ3) is 3.81. The molecule has 1 aliphatic rings. The van der Waals surface area contributed by atoms with Gasteiger partial charge in [0, 0.05) is 13.1 Å². The highest BCUT2D eigenvalue weighted by Gasteiger charge is 2.27. The molecule has 16 heavy (non-hydrogen) atoms. The van der Waals surface area contributed by atoms with Crippen LogP contribution in [0.5, 0.6) is 0 Å². The van der Waals surface area contributed by atoms with E-state index in [0.717, 1.165) is 19.4 Å². The summed E-state index contributed by atoms with van der Waals surface area (Å²) in [5.74, 6) is -0.221. The first-order chi connectivity index (χ1) is 7.67. The minimum absolute atomic E-state index is 0.0213. The van der Waals surface area contributed by atoms with Crippen LogP contribution in [-0.2, 0) is 14.3 Å². The summed E-state index contributed by atoms with van der Waals surface area (Å²) in [5.41, 5.74) is 0. The number of carbonyl (C=O) groups is 2. The van der Waals surface area contributed by atoms with Gasteiger partial charge in [-0.15, -0.1) is 0 Å². The number of likely N-dealkylation sites (N-methyl/N-ethyl adjacent to an activating group) is 1. The lowest BCUT2D eigenvalue weighted by Gasteiger charge is -2.30. The molecule has 1 fully saturated rings. The minimum atomic E-state index is -0.166. The normalized spacial score (nSPS) is 21.5. The van der Waals surface area contributed by atoms with Crippen LogP contribution in [0.2, 0.25) is 0 Å². The average molecular weight is 228 g/mol. The van der Waals surface area contributed by atoms with Crippen molar-refractivity contribution in [2.24, 2.45) is 5.92 Å². The SMILES string of the molecule is CCNC(=O)CN1CCCC(C(=O)OC)C1. The molecule has 1 aliphatic heterocycles. The second kappa shape index (κ2) is 6.48. The predicted octanol–water partition coefficient (Wildman–Crippen LogP) is 0.00750. The molecule has 1 atom stereocenters. The van der Waals surface area contributed by atoms with Crippen LogP contribution in [0.3, 0.4) is 0 Å². The Morgan fingerprint density at radius 2 is 2.25 bits per heavy atom. The number of methoxy groups -OCH3 is 1. The Morgan fingerprint density at radius 1 is 1.50 bits per heavy atom. The van der Waals surface area contributed by atoms with Crippen LogP contribution in [0.15, 0.2) is 0 Å². The first-order valence-corrected chi connectivity index (χ1v) is 5.74. The maximum atomic E-state index is 11.4. The number of piperidine rings is 1. The average Bonchev–Trinajstić information content (AvgIpc) is 2.28. The van der Waals surface area contributed by atoms with Crippen molar-refractivity contribution in [2.75, 3.05) is 33.3 Å². The summed E-state index contributed by atoms with van der Waals surface area (Å²) in [5, 5.41) is 2.75. The van der Waals surface area contributed by atoms with Gasteiger partial charge in [-0.05, 0) is 26.3 Å². The molecule has 0 aromatic heterocycles. The number of nitrogens with one attached hydrogen (secondary N) is 1. The molecule has 1 heterocycles. The first-order valence-electron chi connectivity index (χ1n) is 5.74. The summed E-state index contributed by atoms with van der Waals surface area (Å²) in [6, 6.07) is 0. The summed E-state index contributed by atoms with van der Waals surface area (Å²) < 4.78 is 4.72. The quantitative estimate of drug-likeness (QED) is 0.688. The lowest BCUT2D eigenvalue weighted by atomic mass is 9.98. The number of rotatable bonds is 4. The van der Waals surface area contributed by atoms with Gasteiger partial charge in [-0.3, -0.25) is 14.5 Å². The van der Waals surface area contributed by atoms with E-state index in [1.54, 1.807) is 0 Å². The molecule has 92 valence electrons. The van der Waals surface area contributed by atoms with Gasteiger partial charge in [-0.2, -0.15) is 0 Å². The standard InChI is InChI=1S/C11H20N2O3/c1-3-12-10(14)8-13-6-4-5-9(7-13)11(15)16-2/h9H,3-8H2,1-2H3,(H,12,14). The lowest BCUT2D eigenvalue weighted by molar-refractivity contribution is -0.147. The molecule has 0 saturated carbocycles. The molecular formula is C11H20N2O3. The summed E-state index contributed by atoms with van der Waals surface area (Å²) in [7, 11) is 1.41. The zero-order valence-corrected chi connectivity index (χ0v) is 9.99. The molecule has 1 N–H and O–H groups in total. The van der Waals surface area contributed by atoms with Gasteiger partial charge >= 0.3 is 5.97 Å². The van der Waals surface area contributed by atoms with Crippen LogP contribution >= 0.6 is 0 Å². The molecule has 0 radical (unpaired) electrons. The molecule has 5 heteroatoms. The van der Waals surface area contributed by atoms with E-state index in [2.05, 4.69) is 5.32 Å². The van der Waals surface area contributed by atoms with Crippen LogP contribution in [0.4, 0.5) is 0 Å². The molecule has 0 aromatic carbocycles. The third-order valence-corrected chi connectivity index (χ3v) is 2.78.